The lowest BCUT2D eigenvalue weighted by molar-refractivity contribution is 0.0697. The molecule has 17 heavy (non-hydrogen) atoms. The first kappa shape index (κ1) is 11.4. The van der Waals surface area contributed by atoms with E-state index >= 15 is 0 Å². The third-order valence-corrected chi connectivity index (χ3v) is 2.46. The highest BCUT2D eigenvalue weighted by molar-refractivity contribution is 6.33. The molecule has 0 saturated carbocycles. The molecule has 0 saturated heterocycles. The summed E-state index contributed by atoms with van der Waals surface area (Å²) in [6.07, 6.45) is 1.65. The van der Waals surface area contributed by atoms with Gasteiger partial charge >= 0.3 is 5.97 Å². The maximum atomic E-state index is 10.9. The molecule has 0 radical (unpaired) electrons. The van der Waals surface area contributed by atoms with E-state index in [0.29, 0.717) is 11.5 Å². The van der Waals surface area contributed by atoms with Gasteiger partial charge in [0.05, 0.1) is 10.6 Å². The number of hydrogen-bond acceptors (Lipinski definition) is 3. The van der Waals surface area contributed by atoms with Crippen LogP contribution < -0.4 is 5.32 Å². The van der Waals surface area contributed by atoms with Crippen LogP contribution in [0.4, 0.5) is 11.5 Å². The number of aromatic carboxylic acids is 1. The quantitative estimate of drug-likeness (QED) is 0.876. The van der Waals surface area contributed by atoms with Crippen molar-refractivity contribution in [1.29, 1.82) is 0 Å². The summed E-state index contributed by atoms with van der Waals surface area (Å²) < 4.78 is 0. The maximum absolute atomic E-state index is 10.9. The first-order chi connectivity index (χ1) is 8.16. The average molecular weight is 249 g/mol. The van der Waals surface area contributed by atoms with Gasteiger partial charge in [-0.3, -0.25) is 0 Å². The molecule has 2 aromatic rings. The van der Waals surface area contributed by atoms with Crippen molar-refractivity contribution in [3.8, 4) is 0 Å². The van der Waals surface area contributed by atoms with E-state index in [4.69, 9.17) is 16.7 Å². The molecule has 1 aromatic carbocycles. The molecule has 1 aromatic heterocycles. The van der Waals surface area contributed by atoms with Crippen LogP contribution in [0, 0.1) is 0 Å². The number of anilines is 2. The highest BCUT2D eigenvalue weighted by atomic mass is 35.5. The van der Waals surface area contributed by atoms with Crippen LogP contribution in [0.3, 0.4) is 0 Å². The van der Waals surface area contributed by atoms with E-state index in [9.17, 15) is 4.79 Å². The van der Waals surface area contributed by atoms with Gasteiger partial charge in [-0.05, 0) is 30.3 Å². The van der Waals surface area contributed by atoms with E-state index in [1.165, 1.54) is 12.1 Å². The van der Waals surface area contributed by atoms with E-state index in [1.807, 2.05) is 6.07 Å². The number of carbonyl (C=O) groups is 1. The Hall–Kier alpha value is -2.07. The molecule has 86 valence electrons. The topological polar surface area (TPSA) is 62.2 Å². The van der Waals surface area contributed by atoms with Gasteiger partial charge in [0.15, 0.2) is 0 Å². The summed E-state index contributed by atoms with van der Waals surface area (Å²) >= 11 is 5.77. The lowest BCUT2D eigenvalue weighted by Crippen LogP contribution is -1.99. The van der Waals surface area contributed by atoms with Crippen LogP contribution in [0.5, 0.6) is 0 Å². The number of pyridine rings is 1. The molecule has 0 amide bonds. The van der Waals surface area contributed by atoms with E-state index in [1.54, 1.807) is 24.4 Å². The van der Waals surface area contributed by atoms with Crippen LogP contribution in [0.15, 0.2) is 42.6 Å². The number of carboxylic acids is 1. The van der Waals surface area contributed by atoms with Gasteiger partial charge in [0.1, 0.15) is 5.82 Å². The van der Waals surface area contributed by atoms with E-state index in [-0.39, 0.29) is 10.6 Å². The first-order valence-electron chi connectivity index (χ1n) is 4.88. The summed E-state index contributed by atoms with van der Waals surface area (Å²) in [5.74, 6) is -0.411. The predicted molar refractivity (Wildman–Crippen MR) is 65.9 cm³/mol. The molecule has 0 bridgehead atoms. The van der Waals surface area contributed by atoms with Crippen LogP contribution in [0.2, 0.25) is 5.02 Å². The fourth-order valence-corrected chi connectivity index (χ4v) is 1.55. The summed E-state index contributed by atoms with van der Waals surface area (Å²) in [6.45, 7) is 0. The molecule has 1 heterocycles. The highest BCUT2D eigenvalue weighted by Crippen LogP contribution is 2.22. The lowest BCUT2D eigenvalue weighted by Gasteiger charge is -2.06. The predicted octanol–water partition coefficient (Wildman–Crippen LogP) is 3.18. The van der Waals surface area contributed by atoms with Crippen molar-refractivity contribution in [2.24, 2.45) is 0 Å². The molecule has 4 nitrogen and oxygen atoms in total. The Kier molecular flexibility index (Phi) is 3.25. The summed E-state index contributed by atoms with van der Waals surface area (Å²) in [5.41, 5.74) is 0.693. The summed E-state index contributed by atoms with van der Waals surface area (Å²) in [4.78, 5) is 15.0. The standard InChI is InChI=1S/C12H9ClN2O2/c13-10-5-4-8(7-9(10)12(16)17)15-11-3-1-2-6-14-11/h1-7H,(H,14,15)(H,16,17). The molecule has 2 N–H and O–H groups in total. The van der Waals surface area contributed by atoms with Crippen LogP contribution in [-0.2, 0) is 0 Å². The minimum atomic E-state index is -1.06. The third-order valence-electron chi connectivity index (χ3n) is 2.13. The summed E-state index contributed by atoms with van der Waals surface area (Å²) in [5, 5.41) is 12.1. The van der Waals surface area contributed by atoms with Gasteiger partial charge in [0, 0.05) is 11.9 Å². The van der Waals surface area contributed by atoms with Crippen LogP contribution in [-0.4, -0.2) is 16.1 Å². The molecular formula is C12H9ClN2O2. The van der Waals surface area contributed by atoms with E-state index in [0.717, 1.165) is 0 Å². The van der Waals surface area contributed by atoms with Crippen molar-refractivity contribution in [3.63, 3.8) is 0 Å². The fraction of sp³-hybridized carbons (Fsp3) is 0. The molecule has 0 fully saturated rings. The Morgan fingerprint density at radius 1 is 1.29 bits per heavy atom. The molecule has 0 aliphatic heterocycles. The van der Waals surface area contributed by atoms with Crippen LogP contribution in [0.1, 0.15) is 10.4 Å². The number of aromatic nitrogens is 1. The van der Waals surface area contributed by atoms with Crippen molar-refractivity contribution < 1.29 is 9.90 Å². The average Bonchev–Trinajstić information content (AvgIpc) is 2.32. The smallest absolute Gasteiger partial charge is 0.337 e. The van der Waals surface area contributed by atoms with Crippen LogP contribution in [0.25, 0.3) is 0 Å². The molecule has 0 atom stereocenters. The molecule has 0 aliphatic rings. The molecule has 0 unspecified atom stereocenters. The van der Waals surface area contributed by atoms with Gasteiger partial charge in [-0.15, -0.1) is 0 Å². The van der Waals surface area contributed by atoms with Crippen molar-refractivity contribution in [3.05, 3.63) is 53.2 Å². The number of halogens is 1. The van der Waals surface area contributed by atoms with Crippen molar-refractivity contribution in [1.82, 2.24) is 4.98 Å². The first-order valence-corrected chi connectivity index (χ1v) is 5.25. The molecule has 5 heteroatoms. The molecule has 0 spiro atoms. The minimum Gasteiger partial charge on any atom is -0.478 e. The van der Waals surface area contributed by atoms with Gasteiger partial charge in [0.2, 0.25) is 0 Å². The number of nitrogens with zero attached hydrogens (tertiary/aromatic N) is 1. The second kappa shape index (κ2) is 4.84. The second-order valence-electron chi connectivity index (χ2n) is 3.34. The monoisotopic (exact) mass is 248 g/mol. The Balaban J connectivity index is 2.29. The van der Waals surface area contributed by atoms with Crippen molar-refractivity contribution in [2.75, 3.05) is 5.32 Å². The number of benzene rings is 1. The SMILES string of the molecule is O=C(O)c1cc(Nc2ccccn2)ccc1Cl. The van der Waals surface area contributed by atoms with Crippen LogP contribution >= 0.6 is 11.6 Å². The summed E-state index contributed by atoms with van der Waals surface area (Å²) in [7, 11) is 0. The highest BCUT2D eigenvalue weighted by Gasteiger charge is 2.09. The van der Waals surface area contributed by atoms with Crippen molar-refractivity contribution in [2.45, 2.75) is 0 Å². The molecule has 0 aliphatic carbocycles. The second-order valence-corrected chi connectivity index (χ2v) is 3.75. The van der Waals surface area contributed by atoms with Gasteiger partial charge < -0.3 is 10.4 Å². The Morgan fingerprint density at radius 2 is 2.12 bits per heavy atom. The molecule has 2 rings (SSSR count). The lowest BCUT2D eigenvalue weighted by atomic mass is 10.2. The van der Waals surface area contributed by atoms with Gasteiger partial charge in [0.25, 0.3) is 0 Å². The maximum Gasteiger partial charge on any atom is 0.337 e. The Morgan fingerprint density at radius 3 is 2.76 bits per heavy atom. The van der Waals surface area contributed by atoms with E-state index < -0.39 is 5.97 Å². The minimum absolute atomic E-state index is 0.0626. The number of carboxylic acid groups (broad SMARTS) is 1. The van der Waals surface area contributed by atoms with E-state index in [2.05, 4.69) is 10.3 Å². The zero-order chi connectivity index (χ0) is 12.3. The summed E-state index contributed by atoms with van der Waals surface area (Å²) in [6, 6.07) is 10.1. The van der Waals surface area contributed by atoms with Gasteiger partial charge in [-0.1, -0.05) is 17.7 Å². The molecular weight excluding hydrogens is 240 g/mol. The van der Waals surface area contributed by atoms with Crippen molar-refractivity contribution >= 4 is 29.1 Å². The number of rotatable bonds is 3. The Bertz CT molecular complexity index is 543. The number of hydrogen-bond donors (Lipinski definition) is 2. The number of nitrogens with one attached hydrogen (secondary N) is 1. The van der Waals surface area contributed by atoms with Gasteiger partial charge in [-0.2, -0.15) is 0 Å². The zero-order valence-electron chi connectivity index (χ0n) is 8.72. The fourth-order valence-electron chi connectivity index (χ4n) is 1.35. The Labute approximate surface area is 103 Å². The largest absolute Gasteiger partial charge is 0.478 e. The zero-order valence-corrected chi connectivity index (χ0v) is 9.48. The van der Waals surface area contributed by atoms with Gasteiger partial charge in [-0.25, -0.2) is 9.78 Å². The third kappa shape index (κ3) is 2.73. The normalized spacial score (nSPS) is 9.94.